The Morgan fingerprint density at radius 1 is 1.00 bits per heavy atom. The minimum atomic E-state index is 0.610. The quantitative estimate of drug-likeness (QED) is 0.756. The first-order valence-corrected chi connectivity index (χ1v) is 9.75. The van der Waals surface area contributed by atoms with Crippen molar-refractivity contribution in [1.29, 1.82) is 0 Å². The molecule has 0 aromatic rings. The molecule has 0 radical (unpaired) electrons. The van der Waals surface area contributed by atoms with Gasteiger partial charge in [0.05, 0.1) is 0 Å². The maximum atomic E-state index is 3.86. The molecule has 0 amide bonds. The van der Waals surface area contributed by atoms with Crippen molar-refractivity contribution in [2.24, 2.45) is 11.3 Å². The molecule has 2 heteroatoms. The zero-order chi connectivity index (χ0) is 14.5. The fraction of sp³-hybridized carbons (Fsp3) is 1.00. The van der Waals surface area contributed by atoms with Gasteiger partial charge in [-0.1, -0.05) is 39.0 Å². The minimum Gasteiger partial charge on any atom is -0.313 e. The lowest BCUT2D eigenvalue weighted by molar-refractivity contribution is 0.0761. The fourth-order valence-corrected chi connectivity index (χ4v) is 4.66. The number of hydrogen-bond donors (Lipinski definition) is 1. The van der Waals surface area contributed by atoms with Crippen LogP contribution in [0.3, 0.4) is 0 Å². The Kier molecular flexibility index (Phi) is 5.61. The molecule has 1 heterocycles. The van der Waals surface area contributed by atoms with Crippen molar-refractivity contribution in [3.05, 3.63) is 0 Å². The number of likely N-dealkylation sites (tertiary alicyclic amines) is 1. The normalized spacial score (nSPS) is 27.9. The Morgan fingerprint density at radius 3 is 2.33 bits per heavy atom. The van der Waals surface area contributed by atoms with Gasteiger partial charge in [-0.2, -0.15) is 0 Å². The molecule has 1 N–H and O–H groups in total. The van der Waals surface area contributed by atoms with E-state index in [1.807, 2.05) is 0 Å². The molecule has 1 aliphatic heterocycles. The monoisotopic (exact) mass is 292 g/mol. The first-order chi connectivity index (χ1) is 10.3. The molecule has 0 aromatic carbocycles. The van der Waals surface area contributed by atoms with Crippen LogP contribution in [0.5, 0.6) is 0 Å². The van der Waals surface area contributed by atoms with Gasteiger partial charge in [0.15, 0.2) is 0 Å². The van der Waals surface area contributed by atoms with Crippen LogP contribution >= 0.6 is 0 Å². The molecule has 2 aliphatic carbocycles. The number of nitrogens with one attached hydrogen (secondary N) is 1. The van der Waals surface area contributed by atoms with E-state index in [4.69, 9.17) is 0 Å². The van der Waals surface area contributed by atoms with Gasteiger partial charge in [0.25, 0.3) is 0 Å². The Labute approximate surface area is 132 Å². The maximum absolute atomic E-state index is 3.86. The number of hydrogen-bond acceptors (Lipinski definition) is 2. The third-order valence-electron chi connectivity index (χ3n) is 6.22. The molecule has 0 aromatic heterocycles. The van der Waals surface area contributed by atoms with E-state index in [1.165, 1.54) is 96.8 Å². The molecule has 0 spiro atoms. The molecule has 0 atom stereocenters. The lowest BCUT2D eigenvalue weighted by atomic mass is 9.73. The Bertz CT molecular complexity index is 297. The lowest BCUT2D eigenvalue weighted by Gasteiger charge is -2.43. The summed E-state index contributed by atoms with van der Waals surface area (Å²) in [5, 5.41) is 3.86. The molecule has 1 saturated heterocycles. The summed E-state index contributed by atoms with van der Waals surface area (Å²) in [6.07, 6.45) is 16.0. The highest BCUT2D eigenvalue weighted by Gasteiger charge is 2.36. The summed E-state index contributed by atoms with van der Waals surface area (Å²) in [6, 6.07) is 0.874. The SMILES string of the molecule is CCCC1CCN(CC2(CNC3CC3)CCCCC2)CC1. The van der Waals surface area contributed by atoms with E-state index in [1.54, 1.807) is 0 Å². The van der Waals surface area contributed by atoms with Gasteiger partial charge in [0.1, 0.15) is 0 Å². The fourth-order valence-electron chi connectivity index (χ4n) is 4.66. The second-order valence-electron chi connectivity index (χ2n) is 8.22. The lowest BCUT2D eigenvalue weighted by Crippen LogP contribution is -2.48. The third kappa shape index (κ3) is 4.69. The van der Waals surface area contributed by atoms with E-state index in [9.17, 15) is 0 Å². The van der Waals surface area contributed by atoms with Crippen LogP contribution in [0.25, 0.3) is 0 Å². The Hall–Kier alpha value is -0.0800. The number of nitrogens with zero attached hydrogens (tertiary/aromatic N) is 1. The molecule has 3 aliphatic rings. The zero-order valence-electron chi connectivity index (χ0n) is 14.2. The maximum Gasteiger partial charge on any atom is 0.00684 e. The van der Waals surface area contributed by atoms with Gasteiger partial charge in [-0.05, 0) is 62.9 Å². The summed E-state index contributed by atoms with van der Waals surface area (Å²) in [7, 11) is 0. The number of rotatable bonds is 7. The first-order valence-electron chi connectivity index (χ1n) is 9.75. The summed E-state index contributed by atoms with van der Waals surface area (Å²) in [4.78, 5) is 2.81. The number of piperidine rings is 1. The average molecular weight is 293 g/mol. The molecule has 21 heavy (non-hydrogen) atoms. The largest absolute Gasteiger partial charge is 0.313 e. The van der Waals surface area contributed by atoms with Crippen LogP contribution in [0.15, 0.2) is 0 Å². The third-order valence-corrected chi connectivity index (χ3v) is 6.22. The second kappa shape index (κ2) is 7.46. The predicted molar refractivity (Wildman–Crippen MR) is 90.6 cm³/mol. The van der Waals surface area contributed by atoms with Crippen molar-refractivity contribution >= 4 is 0 Å². The van der Waals surface area contributed by atoms with Crippen molar-refractivity contribution in [2.75, 3.05) is 26.2 Å². The van der Waals surface area contributed by atoms with Gasteiger partial charge < -0.3 is 10.2 Å². The smallest absolute Gasteiger partial charge is 0.00684 e. The molecule has 2 saturated carbocycles. The topological polar surface area (TPSA) is 15.3 Å². The summed E-state index contributed by atoms with van der Waals surface area (Å²) >= 11 is 0. The van der Waals surface area contributed by atoms with Crippen LogP contribution in [0, 0.1) is 11.3 Å². The standard InChI is InChI=1S/C19H36N2/c1-2-6-17-9-13-21(14-10-17)16-19(11-4-3-5-12-19)15-20-18-7-8-18/h17-18,20H,2-16H2,1H3. The van der Waals surface area contributed by atoms with Crippen molar-refractivity contribution < 1.29 is 0 Å². The van der Waals surface area contributed by atoms with Crippen molar-refractivity contribution in [1.82, 2.24) is 10.2 Å². The van der Waals surface area contributed by atoms with Crippen LogP contribution in [-0.2, 0) is 0 Å². The molecule has 3 rings (SSSR count). The molecule has 3 fully saturated rings. The Morgan fingerprint density at radius 2 is 1.71 bits per heavy atom. The van der Waals surface area contributed by atoms with E-state index >= 15 is 0 Å². The van der Waals surface area contributed by atoms with Gasteiger partial charge in [0, 0.05) is 19.1 Å². The average Bonchev–Trinajstić information content (AvgIpc) is 3.33. The van der Waals surface area contributed by atoms with E-state index in [-0.39, 0.29) is 0 Å². The summed E-state index contributed by atoms with van der Waals surface area (Å²) < 4.78 is 0. The molecular formula is C19H36N2. The van der Waals surface area contributed by atoms with Crippen molar-refractivity contribution in [3.8, 4) is 0 Å². The van der Waals surface area contributed by atoms with E-state index in [2.05, 4.69) is 17.1 Å². The van der Waals surface area contributed by atoms with E-state index in [0.29, 0.717) is 5.41 Å². The molecular weight excluding hydrogens is 256 g/mol. The predicted octanol–water partition coefficient (Wildman–Crippen LogP) is 4.20. The van der Waals surface area contributed by atoms with Gasteiger partial charge >= 0.3 is 0 Å². The second-order valence-corrected chi connectivity index (χ2v) is 8.22. The highest BCUT2D eigenvalue weighted by molar-refractivity contribution is 4.92. The van der Waals surface area contributed by atoms with Gasteiger partial charge in [-0.25, -0.2) is 0 Å². The molecule has 2 nitrogen and oxygen atoms in total. The summed E-state index contributed by atoms with van der Waals surface area (Å²) in [6.45, 7) is 7.76. The highest BCUT2D eigenvalue weighted by atomic mass is 15.1. The van der Waals surface area contributed by atoms with Crippen molar-refractivity contribution in [2.45, 2.75) is 83.6 Å². The molecule has 0 bridgehead atoms. The van der Waals surface area contributed by atoms with Gasteiger partial charge in [-0.15, -0.1) is 0 Å². The summed E-state index contributed by atoms with van der Waals surface area (Å²) in [5.74, 6) is 1.03. The van der Waals surface area contributed by atoms with E-state index < -0.39 is 0 Å². The van der Waals surface area contributed by atoms with Crippen LogP contribution < -0.4 is 5.32 Å². The van der Waals surface area contributed by atoms with Crippen LogP contribution in [0.2, 0.25) is 0 Å². The van der Waals surface area contributed by atoms with Crippen LogP contribution in [-0.4, -0.2) is 37.1 Å². The molecule has 0 unspecified atom stereocenters. The van der Waals surface area contributed by atoms with Crippen molar-refractivity contribution in [3.63, 3.8) is 0 Å². The van der Waals surface area contributed by atoms with Crippen LogP contribution in [0.4, 0.5) is 0 Å². The van der Waals surface area contributed by atoms with E-state index in [0.717, 1.165) is 12.0 Å². The molecule has 122 valence electrons. The highest BCUT2D eigenvalue weighted by Crippen LogP contribution is 2.38. The van der Waals surface area contributed by atoms with Gasteiger partial charge in [-0.3, -0.25) is 0 Å². The van der Waals surface area contributed by atoms with Crippen LogP contribution in [0.1, 0.15) is 77.6 Å². The Balaban J connectivity index is 1.49. The summed E-state index contributed by atoms with van der Waals surface area (Å²) in [5.41, 5.74) is 0.610. The first kappa shape index (κ1) is 15.8. The zero-order valence-corrected chi connectivity index (χ0v) is 14.2. The van der Waals surface area contributed by atoms with Gasteiger partial charge in [0.2, 0.25) is 0 Å². The minimum absolute atomic E-state index is 0.610.